The average molecular weight is 441 g/mol. The number of Topliss-reactive ketones (excluding diaryl/α,β-unsaturated/α-hetero) is 1. The zero-order chi connectivity index (χ0) is 14.0. The SMILES string of the molecule is CC(C)(C)C(=O)C(C)(C)C.[Cl][Sb]([Cl])([Cl])([Cl])[Cl]. The Hall–Kier alpha value is 1.94. The van der Waals surface area contributed by atoms with Gasteiger partial charge in [-0.2, -0.15) is 0 Å². The number of rotatable bonds is 0. The molecule has 0 heterocycles. The fourth-order valence-electron chi connectivity index (χ4n) is 1.12. The number of hydrogen-bond donors (Lipinski definition) is 0. The number of carbonyl (C=O) groups excluding carboxylic acids is 1. The van der Waals surface area contributed by atoms with Gasteiger partial charge in [-0.1, -0.05) is 41.5 Å². The molecule has 0 rings (SSSR count). The van der Waals surface area contributed by atoms with Gasteiger partial charge in [-0.15, -0.1) is 0 Å². The van der Waals surface area contributed by atoms with Crippen molar-refractivity contribution in [2.45, 2.75) is 41.5 Å². The topological polar surface area (TPSA) is 17.1 Å². The molecule has 0 aromatic carbocycles. The van der Waals surface area contributed by atoms with Crippen molar-refractivity contribution in [3.63, 3.8) is 0 Å². The Labute approximate surface area is 118 Å². The van der Waals surface area contributed by atoms with Gasteiger partial charge in [0.15, 0.2) is 0 Å². The summed E-state index contributed by atoms with van der Waals surface area (Å²) in [6.45, 7) is 11.8. The van der Waals surface area contributed by atoms with Crippen molar-refractivity contribution in [1.82, 2.24) is 0 Å². The first-order chi connectivity index (χ1) is 6.39. The van der Waals surface area contributed by atoms with Crippen LogP contribution in [-0.4, -0.2) is 17.5 Å². The molecule has 0 amide bonds. The Bertz CT molecular complexity index is 221. The van der Waals surface area contributed by atoms with Crippen LogP contribution in [0.5, 0.6) is 0 Å². The Balaban J connectivity index is 0. The Morgan fingerprint density at radius 3 is 0.875 bits per heavy atom. The summed E-state index contributed by atoms with van der Waals surface area (Å²) in [6.07, 6.45) is 0. The van der Waals surface area contributed by atoms with Crippen LogP contribution in [0, 0.1) is 10.8 Å². The summed E-state index contributed by atoms with van der Waals surface area (Å²) in [6, 6.07) is 0. The number of halogens is 5. The Kier molecular flexibility index (Phi) is 7.51. The van der Waals surface area contributed by atoms with E-state index in [0.29, 0.717) is 5.78 Å². The molecule has 0 N–H and O–H groups in total. The van der Waals surface area contributed by atoms with Crippen molar-refractivity contribution < 1.29 is 4.79 Å². The van der Waals surface area contributed by atoms with Crippen molar-refractivity contribution in [3.05, 3.63) is 0 Å². The predicted molar refractivity (Wildman–Crippen MR) is 78.9 cm³/mol. The predicted octanol–water partition coefficient (Wildman–Crippen LogP) is 5.71. The summed E-state index contributed by atoms with van der Waals surface area (Å²) >= 11 is -4.33. The molecule has 0 fully saturated rings. The molecule has 100 valence electrons. The normalized spacial score (nSPS) is 15.6. The van der Waals surface area contributed by atoms with Crippen molar-refractivity contribution in [1.29, 1.82) is 0 Å². The molecule has 0 aromatic rings. The van der Waals surface area contributed by atoms with Crippen LogP contribution in [0.25, 0.3) is 0 Å². The summed E-state index contributed by atoms with van der Waals surface area (Å²) in [4.78, 5) is 11.5. The Morgan fingerprint density at radius 2 is 0.875 bits per heavy atom. The fourth-order valence-corrected chi connectivity index (χ4v) is 1.12. The minimum absolute atomic E-state index is 0.196. The van der Waals surface area contributed by atoms with Gasteiger partial charge in [0.05, 0.1) is 0 Å². The van der Waals surface area contributed by atoms with Gasteiger partial charge >= 0.3 is 55.8 Å². The molecular formula is C9H18Cl5OSb. The molecule has 0 aliphatic rings. The van der Waals surface area contributed by atoms with Crippen LogP contribution in [0.15, 0.2) is 0 Å². The van der Waals surface area contributed by atoms with Gasteiger partial charge in [0.25, 0.3) is 0 Å². The van der Waals surface area contributed by atoms with E-state index < -0.39 is 11.7 Å². The molecule has 16 heavy (non-hydrogen) atoms. The maximum absolute atomic E-state index is 11.5. The molecular weight excluding hydrogens is 423 g/mol. The van der Waals surface area contributed by atoms with Crippen molar-refractivity contribution in [2.24, 2.45) is 10.8 Å². The second-order valence-corrected chi connectivity index (χ2v) is 43.4. The van der Waals surface area contributed by atoms with Gasteiger partial charge in [0.2, 0.25) is 0 Å². The third-order valence-corrected chi connectivity index (χ3v) is 1.36. The van der Waals surface area contributed by atoms with Crippen LogP contribution in [0.2, 0.25) is 0 Å². The molecule has 1 nitrogen and oxygen atoms in total. The van der Waals surface area contributed by atoms with Gasteiger partial charge in [-0.3, -0.25) is 4.79 Å². The molecule has 0 aliphatic heterocycles. The standard InChI is InChI=1S/C9H18O.5ClH.Sb/c1-8(2,3)7(10)9(4,5)6;;;;;;/h1-6H3;5*1H;/q;;;;;;+5/p-5. The van der Waals surface area contributed by atoms with E-state index in [4.69, 9.17) is 44.1 Å². The molecule has 0 aromatic heterocycles. The molecule has 0 aliphatic carbocycles. The van der Waals surface area contributed by atoms with Gasteiger partial charge in [-0.05, 0) is 0 Å². The zero-order valence-corrected chi connectivity index (χ0v) is 16.6. The second kappa shape index (κ2) is 5.93. The van der Waals surface area contributed by atoms with Crippen LogP contribution in [0.3, 0.4) is 0 Å². The molecule has 0 bridgehead atoms. The van der Waals surface area contributed by atoms with Crippen LogP contribution >= 0.6 is 44.1 Å². The summed E-state index contributed by atoms with van der Waals surface area (Å²) in [5.41, 5.74) is -0.392. The first-order valence-electron chi connectivity index (χ1n) is 4.55. The molecule has 0 saturated carbocycles. The Morgan fingerprint density at radius 1 is 0.750 bits per heavy atom. The van der Waals surface area contributed by atoms with E-state index in [2.05, 4.69) is 0 Å². The summed E-state index contributed by atoms with van der Waals surface area (Å²) in [7, 11) is 25.2. The van der Waals surface area contributed by atoms with Crippen molar-refractivity contribution in [2.75, 3.05) is 0 Å². The summed E-state index contributed by atoms with van der Waals surface area (Å²) < 4.78 is 0. The summed E-state index contributed by atoms with van der Waals surface area (Å²) in [5, 5.41) is 0. The molecule has 0 spiro atoms. The molecule has 0 unspecified atom stereocenters. The van der Waals surface area contributed by atoms with Gasteiger partial charge in [-0.25, -0.2) is 0 Å². The van der Waals surface area contributed by atoms with Crippen LogP contribution in [0.4, 0.5) is 0 Å². The van der Waals surface area contributed by atoms with Crippen molar-refractivity contribution in [3.8, 4) is 0 Å². The molecule has 7 heteroatoms. The first kappa shape index (κ1) is 20.3. The maximum atomic E-state index is 11.5. The van der Waals surface area contributed by atoms with E-state index in [0.717, 1.165) is 0 Å². The van der Waals surface area contributed by atoms with Crippen LogP contribution in [-0.2, 0) is 4.79 Å². The van der Waals surface area contributed by atoms with E-state index >= 15 is 0 Å². The molecule has 0 atom stereocenters. The van der Waals surface area contributed by atoms with E-state index in [1.807, 2.05) is 41.5 Å². The van der Waals surface area contributed by atoms with Gasteiger partial charge < -0.3 is 0 Å². The van der Waals surface area contributed by atoms with E-state index in [9.17, 15) is 4.79 Å². The van der Waals surface area contributed by atoms with Gasteiger partial charge in [0, 0.05) is 10.8 Å². The second-order valence-electron chi connectivity index (χ2n) is 5.47. The first-order valence-corrected chi connectivity index (χ1v) is 20.7. The van der Waals surface area contributed by atoms with E-state index in [-0.39, 0.29) is 10.8 Å². The number of ketones is 1. The van der Waals surface area contributed by atoms with Crippen LogP contribution in [0.1, 0.15) is 41.5 Å². The average Bonchev–Trinajstić information content (AvgIpc) is 1.75. The molecule has 0 saturated heterocycles. The third-order valence-electron chi connectivity index (χ3n) is 1.36. The fraction of sp³-hybridized carbons (Fsp3) is 0.889. The number of hydrogen-bond acceptors (Lipinski definition) is 1. The van der Waals surface area contributed by atoms with E-state index in [1.54, 1.807) is 0 Å². The van der Waals surface area contributed by atoms with Crippen molar-refractivity contribution >= 4 is 61.6 Å². The minimum atomic E-state index is -4.33. The zero-order valence-electron chi connectivity index (χ0n) is 10.2. The number of carbonyl (C=O) groups is 1. The third kappa shape index (κ3) is 18.3. The molecule has 0 radical (unpaired) electrons. The van der Waals surface area contributed by atoms with Crippen LogP contribution < -0.4 is 0 Å². The van der Waals surface area contributed by atoms with E-state index in [1.165, 1.54) is 0 Å². The van der Waals surface area contributed by atoms with Gasteiger partial charge in [0.1, 0.15) is 5.78 Å². The monoisotopic (exact) mass is 438 g/mol. The quantitative estimate of drug-likeness (QED) is 0.440. The summed E-state index contributed by atoms with van der Waals surface area (Å²) in [5.74, 6) is 0.319.